The topological polar surface area (TPSA) is 133 Å². The van der Waals surface area contributed by atoms with Crippen LogP contribution in [0.25, 0.3) is 0 Å². The fourth-order valence-electron chi connectivity index (χ4n) is 1.92. The van der Waals surface area contributed by atoms with Gasteiger partial charge in [0.15, 0.2) is 5.96 Å². The van der Waals surface area contributed by atoms with Gasteiger partial charge in [-0.3, -0.25) is 9.79 Å². The molecule has 0 aromatic carbocycles. The number of carbonyl (C=O) groups is 1. The van der Waals surface area contributed by atoms with Crippen molar-refractivity contribution in [2.75, 3.05) is 20.1 Å². The number of rotatable bonds is 11. The minimum absolute atomic E-state index is 0.0111. The van der Waals surface area contributed by atoms with E-state index < -0.39 is 6.04 Å². The smallest absolute Gasteiger partial charge is 0.244 e. The summed E-state index contributed by atoms with van der Waals surface area (Å²) < 4.78 is 0. The number of allylic oxidation sites excluding steroid dienone is 3. The third-order valence-corrected chi connectivity index (χ3v) is 3.42. The van der Waals surface area contributed by atoms with Gasteiger partial charge >= 0.3 is 0 Å². The fourth-order valence-corrected chi connectivity index (χ4v) is 1.92. The molecule has 8 nitrogen and oxygen atoms in total. The average Bonchev–Trinajstić information content (AvgIpc) is 2.63. The van der Waals surface area contributed by atoms with E-state index in [2.05, 4.69) is 15.3 Å². The molecule has 0 aliphatic rings. The first-order valence-corrected chi connectivity index (χ1v) is 8.77. The molecule has 5 N–H and O–H groups in total. The van der Waals surface area contributed by atoms with E-state index in [0.717, 1.165) is 17.6 Å². The fraction of sp³-hybridized carbons (Fsp3) is 0.474. The van der Waals surface area contributed by atoms with Crippen molar-refractivity contribution in [3.8, 4) is 6.07 Å². The highest BCUT2D eigenvalue weighted by Crippen LogP contribution is 2.01. The molecule has 0 aromatic heterocycles. The van der Waals surface area contributed by atoms with E-state index in [9.17, 15) is 4.79 Å². The lowest BCUT2D eigenvalue weighted by Crippen LogP contribution is -2.33. The SMILES string of the molecule is CC/C(=C\C=C/CC#N)CNC(=O)C(C)/N=C\N(C)C/C(C)=C\N=C(N)N. The van der Waals surface area contributed by atoms with Gasteiger partial charge in [0.25, 0.3) is 0 Å². The number of hydrogen-bond acceptors (Lipinski definition) is 4. The van der Waals surface area contributed by atoms with Crippen molar-refractivity contribution in [1.82, 2.24) is 10.2 Å². The molecule has 0 bridgehead atoms. The lowest BCUT2D eigenvalue weighted by molar-refractivity contribution is -0.121. The molecule has 27 heavy (non-hydrogen) atoms. The summed E-state index contributed by atoms with van der Waals surface area (Å²) in [6, 6.07) is 1.55. The molecular formula is C19H31N7O. The second-order valence-electron chi connectivity index (χ2n) is 6.07. The van der Waals surface area contributed by atoms with Crippen LogP contribution in [0.5, 0.6) is 0 Å². The second kappa shape index (κ2) is 14.1. The maximum Gasteiger partial charge on any atom is 0.244 e. The van der Waals surface area contributed by atoms with Crippen LogP contribution < -0.4 is 16.8 Å². The number of carbonyl (C=O) groups excluding carboxylic acids is 1. The van der Waals surface area contributed by atoms with Gasteiger partial charge in [0.2, 0.25) is 5.91 Å². The molecule has 0 aliphatic carbocycles. The second-order valence-corrected chi connectivity index (χ2v) is 6.07. The van der Waals surface area contributed by atoms with Crippen molar-refractivity contribution >= 4 is 18.2 Å². The number of aliphatic imine (C=N–C) groups is 2. The molecule has 0 fully saturated rings. The summed E-state index contributed by atoms with van der Waals surface area (Å²) in [5.74, 6) is -0.134. The Kier molecular flexibility index (Phi) is 12.5. The number of nitrogens with zero attached hydrogens (tertiary/aromatic N) is 4. The first kappa shape index (κ1) is 23.9. The molecule has 1 unspecified atom stereocenters. The summed E-state index contributed by atoms with van der Waals surface area (Å²) in [6.45, 7) is 6.71. The Balaban J connectivity index is 4.51. The van der Waals surface area contributed by atoms with Crippen molar-refractivity contribution in [3.05, 3.63) is 35.6 Å². The van der Waals surface area contributed by atoms with Crippen LogP contribution in [0, 0.1) is 11.3 Å². The Bertz CT molecular complexity index is 649. The van der Waals surface area contributed by atoms with E-state index in [1.165, 1.54) is 0 Å². The molecular weight excluding hydrogens is 342 g/mol. The van der Waals surface area contributed by atoms with Gasteiger partial charge in [0.1, 0.15) is 6.04 Å². The van der Waals surface area contributed by atoms with Gasteiger partial charge in [0, 0.05) is 26.3 Å². The molecule has 148 valence electrons. The first-order chi connectivity index (χ1) is 12.8. The van der Waals surface area contributed by atoms with Gasteiger partial charge in [0.05, 0.1) is 18.8 Å². The minimum atomic E-state index is -0.498. The van der Waals surface area contributed by atoms with Crippen LogP contribution in [0.4, 0.5) is 0 Å². The molecule has 0 spiro atoms. The van der Waals surface area contributed by atoms with E-state index >= 15 is 0 Å². The Morgan fingerprint density at radius 3 is 2.70 bits per heavy atom. The molecule has 1 amide bonds. The van der Waals surface area contributed by atoms with Crippen molar-refractivity contribution in [2.24, 2.45) is 21.5 Å². The van der Waals surface area contributed by atoms with Gasteiger partial charge in [-0.25, -0.2) is 4.99 Å². The largest absolute Gasteiger partial charge is 0.370 e. The highest BCUT2D eigenvalue weighted by Gasteiger charge is 2.10. The van der Waals surface area contributed by atoms with E-state index in [0.29, 0.717) is 19.5 Å². The van der Waals surface area contributed by atoms with Crippen molar-refractivity contribution in [2.45, 2.75) is 39.7 Å². The van der Waals surface area contributed by atoms with Crippen LogP contribution >= 0.6 is 0 Å². The van der Waals surface area contributed by atoms with Crippen LogP contribution in [0.15, 0.2) is 45.6 Å². The van der Waals surface area contributed by atoms with Crippen LogP contribution in [-0.2, 0) is 4.79 Å². The summed E-state index contributed by atoms with van der Waals surface area (Å²) in [5.41, 5.74) is 12.6. The van der Waals surface area contributed by atoms with E-state index in [1.807, 2.05) is 44.0 Å². The molecule has 0 aliphatic heterocycles. The summed E-state index contributed by atoms with van der Waals surface area (Å²) in [4.78, 5) is 22.1. The minimum Gasteiger partial charge on any atom is -0.370 e. The number of nitrogens with two attached hydrogens (primary N) is 2. The van der Waals surface area contributed by atoms with Gasteiger partial charge in [-0.2, -0.15) is 5.26 Å². The quantitative estimate of drug-likeness (QED) is 0.286. The van der Waals surface area contributed by atoms with Gasteiger partial charge in [-0.1, -0.05) is 30.7 Å². The zero-order valence-electron chi connectivity index (χ0n) is 16.6. The molecule has 0 radical (unpaired) electrons. The van der Waals surface area contributed by atoms with Crippen LogP contribution in [0.3, 0.4) is 0 Å². The third-order valence-electron chi connectivity index (χ3n) is 3.42. The normalized spacial score (nSPS) is 13.4. The molecule has 0 rings (SSSR count). The number of hydrogen-bond donors (Lipinski definition) is 3. The number of guanidine groups is 1. The molecule has 1 atom stereocenters. The van der Waals surface area contributed by atoms with E-state index in [1.54, 1.807) is 25.5 Å². The predicted molar refractivity (Wildman–Crippen MR) is 111 cm³/mol. The highest BCUT2D eigenvalue weighted by molar-refractivity contribution is 5.83. The first-order valence-electron chi connectivity index (χ1n) is 8.77. The van der Waals surface area contributed by atoms with Gasteiger partial charge < -0.3 is 21.7 Å². The predicted octanol–water partition coefficient (Wildman–Crippen LogP) is 1.43. The maximum atomic E-state index is 12.2. The number of amides is 1. The molecule has 0 saturated heterocycles. The summed E-state index contributed by atoms with van der Waals surface area (Å²) in [6.07, 6.45) is 9.95. The maximum absolute atomic E-state index is 12.2. The summed E-state index contributed by atoms with van der Waals surface area (Å²) in [5, 5.41) is 11.4. The molecule has 8 heteroatoms. The number of nitrogens with one attached hydrogen (secondary N) is 1. The Morgan fingerprint density at radius 1 is 1.41 bits per heavy atom. The number of nitriles is 1. The van der Waals surface area contributed by atoms with Gasteiger partial charge in [-0.05, 0) is 25.8 Å². The summed E-state index contributed by atoms with van der Waals surface area (Å²) >= 11 is 0. The Morgan fingerprint density at radius 2 is 2.11 bits per heavy atom. The number of likely N-dealkylation sites (N-methyl/N-ethyl adjacent to an activating group) is 1. The van der Waals surface area contributed by atoms with Crippen molar-refractivity contribution in [3.63, 3.8) is 0 Å². The van der Waals surface area contributed by atoms with Crippen LogP contribution in [-0.4, -0.2) is 49.3 Å². The van der Waals surface area contributed by atoms with Crippen molar-refractivity contribution < 1.29 is 4.79 Å². The van der Waals surface area contributed by atoms with E-state index in [-0.39, 0.29) is 11.9 Å². The summed E-state index contributed by atoms with van der Waals surface area (Å²) in [7, 11) is 1.85. The standard InChI is InChI=1S/C19H31N7O/c1-5-17(9-7-6-8-10-20)12-23-18(27)16(3)25-14-26(4)13-15(2)11-24-19(21)22/h6-7,9,11,14,16H,5,8,12-13H2,1-4H3,(H,23,27)(H4,21,22,24)/b7-6-,15-11-,17-9+,25-14-. The zero-order valence-corrected chi connectivity index (χ0v) is 16.6. The van der Waals surface area contributed by atoms with Crippen LogP contribution in [0.2, 0.25) is 0 Å². The Hall–Kier alpha value is -3.08. The monoisotopic (exact) mass is 373 g/mol. The third kappa shape index (κ3) is 12.9. The molecule has 0 heterocycles. The highest BCUT2D eigenvalue weighted by atomic mass is 16.2. The van der Waals surface area contributed by atoms with Gasteiger partial charge in [-0.15, -0.1) is 0 Å². The molecule has 0 aromatic rings. The molecule has 0 saturated carbocycles. The Labute approximate surface area is 162 Å². The van der Waals surface area contributed by atoms with Crippen molar-refractivity contribution in [1.29, 1.82) is 5.26 Å². The van der Waals surface area contributed by atoms with Crippen LogP contribution in [0.1, 0.15) is 33.6 Å². The zero-order chi connectivity index (χ0) is 20.7. The lowest BCUT2D eigenvalue weighted by Gasteiger charge is -2.15. The van der Waals surface area contributed by atoms with E-state index in [4.69, 9.17) is 16.7 Å². The lowest BCUT2D eigenvalue weighted by atomic mass is 10.1. The average molecular weight is 374 g/mol.